The van der Waals surface area contributed by atoms with E-state index in [1.54, 1.807) is 10.7 Å². The third-order valence-electron chi connectivity index (χ3n) is 4.36. The van der Waals surface area contributed by atoms with Crippen molar-refractivity contribution in [2.24, 2.45) is 0 Å². The van der Waals surface area contributed by atoms with Gasteiger partial charge in [-0.1, -0.05) is 21.1 Å². The molecule has 0 fully saturated rings. The van der Waals surface area contributed by atoms with E-state index in [4.69, 9.17) is 4.42 Å². The average molecular weight is 441 g/mol. The summed E-state index contributed by atoms with van der Waals surface area (Å²) < 4.78 is 7.93. The van der Waals surface area contributed by atoms with E-state index in [2.05, 4.69) is 31.6 Å². The maximum Gasteiger partial charge on any atom is 0.336 e. The number of aromatic nitrogens is 3. The summed E-state index contributed by atoms with van der Waals surface area (Å²) in [6, 6.07) is 12.4. The van der Waals surface area contributed by atoms with Gasteiger partial charge in [0, 0.05) is 35.1 Å². The molecule has 142 valence electrons. The van der Waals surface area contributed by atoms with Gasteiger partial charge >= 0.3 is 5.63 Å². The molecule has 0 radical (unpaired) electrons. The van der Waals surface area contributed by atoms with E-state index < -0.39 is 5.63 Å². The van der Waals surface area contributed by atoms with E-state index in [0.717, 1.165) is 32.4 Å². The number of nitrogens with zero attached hydrogens (tertiary/aromatic N) is 3. The molecular weight excluding hydrogens is 424 g/mol. The molecular formula is C20H17BrN4O3. The molecule has 8 heteroatoms. The summed E-state index contributed by atoms with van der Waals surface area (Å²) in [7, 11) is 0. The highest BCUT2D eigenvalue weighted by atomic mass is 79.9. The standard InChI is InChI=1S/C20H17BrN4O3/c1-12-6-17(26)8-18-20(12)13(7-19(27)28-18)9-22-10-15-11-25(24-23-15)16-4-2-14(21)3-5-16/h2-8,11,22,26H,9-10H2,1H3. The predicted molar refractivity (Wildman–Crippen MR) is 108 cm³/mol. The Hall–Kier alpha value is -2.97. The van der Waals surface area contributed by atoms with E-state index in [9.17, 15) is 9.90 Å². The highest BCUT2D eigenvalue weighted by molar-refractivity contribution is 9.10. The van der Waals surface area contributed by atoms with Crippen LogP contribution in [0.1, 0.15) is 16.8 Å². The average Bonchev–Trinajstić information content (AvgIpc) is 3.10. The second kappa shape index (κ2) is 7.57. The molecule has 7 nitrogen and oxygen atoms in total. The molecule has 2 N–H and O–H groups in total. The maximum atomic E-state index is 11.8. The first-order valence-electron chi connectivity index (χ1n) is 8.64. The van der Waals surface area contributed by atoms with Crippen LogP contribution < -0.4 is 10.9 Å². The zero-order valence-electron chi connectivity index (χ0n) is 15.0. The SMILES string of the molecule is Cc1cc(O)cc2oc(=O)cc(CNCc3cn(-c4ccc(Br)cc4)nn3)c12. The lowest BCUT2D eigenvalue weighted by atomic mass is 10.0. The topological polar surface area (TPSA) is 93.2 Å². The van der Waals surface area contributed by atoms with Gasteiger partial charge in [-0.15, -0.1) is 5.10 Å². The summed E-state index contributed by atoms with van der Waals surface area (Å²) in [5.74, 6) is 0.0721. The van der Waals surface area contributed by atoms with Gasteiger partial charge in [0.15, 0.2) is 0 Å². The van der Waals surface area contributed by atoms with Crippen LogP contribution in [0.3, 0.4) is 0 Å². The van der Waals surface area contributed by atoms with Crippen LogP contribution in [0.15, 0.2) is 62.3 Å². The third-order valence-corrected chi connectivity index (χ3v) is 4.89. The minimum absolute atomic E-state index is 0.0721. The Balaban J connectivity index is 1.50. The van der Waals surface area contributed by atoms with E-state index in [1.165, 1.54) is 12.1 Å². The van der Waals surface area contributed by atoms with Crippen molar-refractivity contribution in [2.45, 2.75) is 20.0 Å². The fourth-order valence-electron chi connectivity index (χ4n) is 3.14. The van der Waals surface area contributed by atoms with Gasteiger partial charge in [0.05, 0.1) is 17.6 Å². The van der Waals surface area contributed by atoms with Crippen LogP contribution in [0.2, 0.25) is 0 Å². The zero-order valence-corrected chi connectivity index (χ0v) is 16.6. The number of aromatic hydroxyl groups is 1. The van der Waals surface area contributed by atoms with Gasteiger partial charge in [0.1, 0.15) is 11.3 Å². The Bertz CT molecular complexity index is 1200. The molecule has 2 aromatic heterocycles. The van der Waals surface area contributed by atoms with Gasteiger partial charge in [-0.25, -0.2) is 9.48 Å². The van der Waals surface area contributed by atoms with Crippen LogP contribution in [0, 0.1) is 6.92 Å². The van der Waals surface area contributed by atoms with Crippen LogP contribution in [-0.2, 0) is 13.1 Å². The summed E-state index contributed by atoms with van der Waals surface area (Å²) in [5.41, 5.74) is 3.29. The van der Waals surface area contributed by atoms with Crippen molar-refractivity contribution in [3.05, 3.63) is 80.4 Å². The van der Waals surface area contributed by atoms with Crippen molar-refractivity contribution < 1.29 is 9.52 Å². The molecule has 28 heavy (non-hydrogen) atoms. The van der Waals surface area contributed by atoms with Gasteiger partial charge in [-0.3, -0.25) is 0 Å². The zero-order chi connectivity index (χ0) is 19.7. The van der Waals surface area contributed by atoms with Crippen LogP contribution >= 0.6 is 15.9 Å². The summed E-state index contributed by atoms with van der Waals surface area (Å²) >= 11 is 3.41. The molecule has 4 aromatic rings. The molecule has 2 heterocycles. The molecule has 0 aliphatic heterocycles. The number of aryl methyl sites for hydroxylation is 1. The fraction of sp³-hybridized carbons (Fsp3) is 0.150. The normalized spacial score (nSPS) is 11.2. The Morgan fingerprint density at radius 2 is 1.96 bits per heavy atom. The molecule has 0 bridgehead atoms. The van der Waals surface area contributed by atoms with Crippen LogP contribution in [0.25, 0.3) is 16.7 Å². The predicted octanol–water partition coefficient (Wildman–Crippen LogP) is 3.44. The molecule has 0 amide bonds. The van der Waals surface area contributed by atoms with Crippen LogP contribution in [0.4, 0.5) is 0 Å². The smallest absolute Gasteiger partial charge is 0.336 e. The monoisotopic (exact) mass is 440 g/mol. The number of benzene rings is 2. The first-order chi connectivity index (χ1) is 13.5. The molecule has 0 spiro atoms. The van der Waals surface area contributed by atoms with E-state index >= 15 is 0 Å². The Kier molecular flexibility index (Phi) is 4.97. The van der Waals surface area contributed by atoms with E-state index in [0.29, 0.717) is 18.7 Å². The Morgan fingerprint density at radius 1 is 1.18 bits per heavy atom. The molecule has 0 aliphatic rings. The molecule has 0 saturated carbocycles. The first-order valence-corrected chi connectivity index (χ1v) is 9.43. The van der Waals surface area contributed by atoms with Crippen molar-refractivity contribution in [1.29, 1.82) is 0 Å². The highest BCUT2D eigenvalue weighted by Crippen LogP contribution is 2.26. The number of halogens is 1. The maximum absolute atomic E-state index is 11.8. The third kappa shape index (κ3) is 3.83. The number of phenols is 1. The lowest BCUT2D eigenvalue weighted by molar-refractivity contribution is 0.472. The highest BCUT2D eigenvalue weighted by Gasteiger charge is 2.10. The van der Waals surface area contributed by atoms with Gasteiger partial charge in [-0.05, 0) is 48.4 Å². The summed E-state index contributed by atoms with van der Waals surface area (Å²) in [4.78, 5) is 11.8. The lowest BCUT2D eigenvalue weighted by Crippen LogP contribution is -2.15. The van der Waals surface area contributed by atoms with Gasteiger partial charge in [0.25, 0.3) is 0 Å². The number of phenolic OH excluding ortho intramolecular Hbond substituents is 1. The van der Waals surface area contributed by atoms with Crippen molar-refractivity contribution in [1.82, 2.24) is 20.3 Å². The Morgan fingerprint density at radius 3 is 2.75 bits per heavy atom. The molecule has 2 aromatic carbocycles. The molecule has 0 aliphatic carbocycles. The lowest BCUT2D eigenvalue weighted by Gasteiger charge is -2.09. The molecule has 4 rings (SSSR count). The van der Waals surface area contributed by atoms with Crippen molar-refractivity contribution in [3.8, 4) is 11.4 Å². The van der Waals surface area contributed by atoms with E-state index in [1.807, 2.05) is 37.4 Å². The summed E-state index contributed by atoms with van der Waals surface area (Å²) in [5, 5.41) is 22.2. The van der Waals surface area contributed by atoms with Crippen molar-refractivity contribution >= 4 is 26.9 Å². The Labute approximate surface area is 168 Å². The second-order valence-electron chi connectivity index (χ2n) is 6.46. The number of hydrogen-bond acceptors (Lipinski definition) is 6. The number of fused-ring (bicyclic) bond motifs is 1. The quantitative estimate of drug-likeness (QED) is 0.461. The summed E-state index contributed by atoms with van der Waals surface area (Å²) in [6.07, 6.45) is 1.86. The fourth-order valence-corrected chi connectivity index (χ4v) is 3.41. The van der Waals surface area contributed by atoms with Crippen molar-refractivity contribution in [2.75, 3.05) is 0 Å². The first kappa shape index (κ1) is 18.4. The van der Waals surface area contributed by atoms with E-state index in [-0.39, 0.29) is 5.75 Å². The van der Waals surface area contributed by atoms with Gasteiger partial charge in [-0.2, -0.15) is 0 Å². The van der Waals surface area contributed by atoms with Crippen molar-refractivity contribution in [3.63, 3.8) is 0 Å². The minimum atomic E-state index is -0.449. The van der Waals surface area contributed by atoms with Gasteiger partial charge in [0.2, 0.25) is 0 Å². The van der Waals surface area contributed by atoms with Gasteiger partial charge < -0.3 is 14.8 Å². The number of nitrogens with one attached hydrogen (secondary N) is 1. The number of hydrogen-bond donors (Lipinski definition) is 2. The largest absolute Gasteiger partial charge is 0.508 e. The second-order valence-corrected chi connectivity index (χ2v) is 7.38. The molecule has 0 saturated heterocycles. The number of rotatable bonds is 5. The van der Waals surface area contributed by atoms with Crippen LogP contribution in [-0.4, -0.2) is 20.1 Å². The van der Waals surface area contributed by atoms with Crippen LogP contribution in [0.5, 0.6) is 5.75 Å². The minimum Gasteiger partial charge on any atom is -0.508 e. The summed E-state index contributed by atoms with van der Waals surface area (Å²) in [6.45, 7) is 2.82. The molecule has 0 atom stereocenters. The molecule has 0 unspecified atom stereocenters.